The first kappa shape index (κ1) is 8.52. The molecule has 1 heterocycles. The molecule has 0 aliphatic rings. The number of hydrogen-bond acceptors (Lipinski definition) is 4. The highest BCUT2D eigenvalue weighted by atomic mass is 16.3. The number of hydrogen-bond donors (Lipinski definition) is 0. The van der Waals surface area contributed by atoms with Gasteiger partial charge in [-0.25, -0.2) is 4.98 Å². The maximum Gasteiger partial charge on any atom is 0.267 e. The third-order valence-electron chi connectivity index (χ3n) is 1.17. The van der Waals surface area contributed by atoms with Gasteiger partial charge in [-0.05, 0) is 0 Å². The Bertz CT molecular complexity index is 275. The summed E-state index contributed by atoms with van der Waals surface area (Å²) in [6, 6.07) is 0. The minimum absolute atomic E-state index is 0.119. The summed E-state index contributed by atoms with van der Waals surface area (Å²) in [4.78, 5) is 16.6. The lowest BCUT2D eigenvalue weighted by molar-refractivity contribution is 0.101. The Labute approximate surface area is 70.5 Å². The number of oxazole rings is 1. The average Bonchev–Trinajstić information content (AvgIpc) is 2.51. The van der Waals surface area contributed by atoms with E-state index in [-0.39, 0.29) is 11.7 Å². The Kier molecular flexibility index (Phi) is 2.63. The fraction of sp³-hybridized carbons (Fsp3) is 0.250. The van der Waals surface area contributed by atoms with Crippen LogP contribution in [0.15, 0.2) is 29.2 Å². The summed E-state index contributed by atoms with van der Waals surface area (Å²) in [5, 5.41) is 0. The number of ketones is 1. The van der Waals surface area contributed by atoms with E-state index in [9.17, 15) is 4.79 Å². The molecule has 0 amide bonds. The van der Waals surface area contributed by atoms with Gasteiger partial charge in [-0.1, -0.05) is 0 Å². The lowest BCUT2D eigenvalue weighted by Crippen LogP contribution is -2.03. The number of nitrogens with zero attached hydrogens (tertiary/aromatic N) is 2. The molecule has 4 heteroatoms. The first-order chi connectivity index (χ1) is 5.70. The van der Waals surface area contributed by atoms with Crippen molar-refractivity contribution < 1.29 is 9.21 Å². The second kappa shape index (κ2) is 3.71. The Balaban J connectivity index is 2.62. The van der Waals surface area contributed by atoms with E-state index in [1.165, 1.54) is 18.5 Å². The van der Waals surface area contributed by atoms with Gasteiger partial charge in [0.2, 0.25) is 5.78 Å². The molecule has 0 bridgehead atoms. The summed E-state index contributed by atoms with van der Waals surface area (Å²) >= 11 is 0. The van der Waals surface area contributed by atoms with Crippen molar-refractivity contribution in [3.05, 3.63) is 30.6 Å². The van der Waals surface area contributed by atoms with E-state index in [2.05, 4.69) is 4.98 Å². The van der Waals surface area contributed by atoms with Crippen LogP contribution >= 0.6 is 0 Å². The Hall–Kier alpha value is -1.58. The molecular weight excluding hydrogens is 156 g/mol. The standard InChI is InChI=1S/C8H10N2O2/c1-10(2)5-3-7(11)8-9-4-6-12-8/h3-6H,1-2H3/b5-3+. The van der Waals surface area contributed by atoms with E-state index in [1.807, 2.05) is 14.1 Å². The number of carbonyl (C=O) groups is 1. The van der Waals surface area contributed by atoms with Gasteiger partial charge in [0.05, 0.1) is 6.20 Å². The predicted molar refractivity (Wildman–Crippen MR) is 43.7 cm³/mol. The third kappa shape index (κ3) is 2.23. The Morgan fingerprint density at radius 2 is 2.42 bits per heavy atom. The summed E-state index contributed by atoms with van der Waals surface area (Å²) in [7, 11) is 3.67. The summed E-state index contributed by atoms with van der Waals surface area (Å²) in [6.07, 6.45) is 5.87. The number of allylic oxidation sites excluding steroid dienone is 1. The average molecular weight is 166 g/mol. The second-order valence-corrected chi connectivity index (χ2v) is 2.48. The molecule has 0 radical (unpaired) electrons. The zero-order valence-corrected chi connectivity index (χ0v) is 7.02. The zero-order chi connectivity index (χ0) is 8.97. The number of carbonyl (C=O) groups excluding carboxylic acids is 1. The van der Waals surface area contributed by atoms with Crippen molar-refractivity contribution in [2.24, 2.45) is 0 Å². The van der Waals surface area contributed by atoms with Crippen LogP contribution in [0.2, 0.25) is 0 Å². The van der Waals surface area contributed by atoms with Crippen LogP contribution in [0.5, 0.6) is 0 Å². The molecule has 4 nitrogen and oxygen atoms in total. The summed E-state index contributed by atoms with van der Waals surface area (Å²) in [5.74, 6) is -0.109. The lowest BCUT2D eigenvalue weighted by atomic mass is 10.4. The van der Waals surface area contributed by atoms with E-state index in [0.717, 1.165) is 0 Å². The molecule has 0 aromatic carbocycles. The molecule has 1 aromatic rings. The van der Waals surface area contributed by atoms with Crippen molar-refractivity contribution >= 4 is 5.78 Å². The number of rotatable bonds is 3. The Morgan fingerprint density at radius 3 is 2.92 bits per heavy atom. The predicted octanol–water partition coefficient (Wildman–Crippen LogP) is 0.933. The second-order valence-electron chi connectivity index (χ2n) is 2.48. The van der Waals surface area contributed by atoms with Gasteiger partial charge in [-0.3, -0.25) is 4.79 Å². The lowest BCUT2D eigenvalue weighted by Gasteiger charge is -2.01. The maximum atomic E-state index is 11.1. The van der Waals surface area contributed by atoms with Gasteiger partial charge in [0.15, 0.2) is 0 Å². The monoisotopic (exact) mass is 166 g/mol. The molecule has 0 saturated heterocycles. The molecular formula is C8H10N2O2. The van der Waals surface area contributed by atoms with Crippen LogP contribution in [0.3, 0.4) is 0 Å². The van der Waals surface area contributed by atoms with Crippen LogP contribution in [0.1, 0.15) is 10.7 Å². The van der Waals surface area contributed by atoms with Gasteiger partial charge >= 0.3 is 0 Å². The molecule has 0 N–H and O–H groups in total. The first-order valence-electron chi connectivity index (χ1n) is 3.48. The van der Waals surface area contributed by atoms with Crippen molar-refractivity contribution in [2.45, 2.75) is 0 Å². The van der Waals surface area contributed by atoms with Crippen LogP contribution in [-0.4, -0.2) is 29.8 Å². The Morgan fingerprint density at radius 1 is 1.67 bits per heavy atom. The molecule has 1 rings (SSSR count). The molecule has 0 saturated carbocycles. The number of aromatic nitrogens is 1. The SMILES string of the molecule is CN(C)/C=C/C(=O)c1ncco1. The molecule has 12 heavy (non-hydrogen) atoms. The normalized spacial score (nSPS) is 10.5. The van der Waals surface area contributed by atoms with E-state index >= 15 is 0 Å². The summed E-state index contributed by atoms with van der Waals surface area (Å²) in [6.45, 7) is 0. The third-order valence-corrected chi connectivity index (χ3v) is 1.17. The summed E-state index contributed by atoms with van der Waals surface area (Å²) < 4.78 is 4.80. The molecule has 0 aliphatic carbocycles. The minimum Gasteiger partial charge on any atom is -0.442 e. The molecule has 0 fully saturated rings. The smallest absolute Gasteiger partial charge is 0.267 e. The van der Waals surface area contributed by atoms with Gasteiger partial charge in [0.1, 0.15) is 6.26 Å². The molecule has 0 atom stereocenters. The quantitative estimate of drug-likeness (QED) is 0.495. The van der Waals surface area contributed by atoms with Crippen LogP contribution in [0.25, 0.3) is 0 Å². The van der Waals surface area contributed by atoms with E-state index in [1.54, 1.807) is 11.1 Å². The largest absolute Gasteiger partial charge is 0.442 e. The summed E-state index contributed by atoms with van der Waals surface area (Å²) in [5.41, 5.74) is 0. The van der Waals surface area contributed by atoms with Gasteiger partial charge in [0.25, 0.3) is 5.89 Å². The molecule has 0 aliphatic heterocycles. The van der Waals surface area contributed by atoms with Crippen molar-refractivity contribution in [3.63, 3.8) is 0 Å². The highest BCUT2D eigenvalue weighted by Gasteiger charge is 2.04. The molecule has 0 spiro atoms. The molecule has 64 valence electrons. The van der Waals surface area contributed by atoms with Crippen molar-refractivity contribution in [1.82, 2.24) is 9.88 Å². The van der Waals surface area contributed by atoms with Gasteiger partial charge in [0, 0.05) is 26.4 Å². The van der Waals surface area contributed by atoms with Crippen molar-refractivity contribution in [1.29, 1.82) is 0 Å². The maximum absolute atomic E-state index is 11.1. The van der Waals surface area contributed by atoms with Gasteiger partial charge < -0.3 is 9.32 Å². The van der Waals surface area contributed by atoms with Crippen LogP contribution in [0, 0.1) is 0 Å². The minimum atomic E-state index is -0.228. The fourth-order valence-corrected chi connectivity index (χ4v) is 0.633. The fourth-order valence-electron chi connectivity index (χ4n) is 0.633. The van der Waals surface area contributed by atoms with Crippen LogP contribution in [-0.2, 0) is 0 Å². The van der Waals surface area contributed by atoms with Crippen molar-refractivity contribution in [2.75, 3.05) is 14.1 Å². The van der Waals surface area contributed by atoms with Gasteiger partial charge in [-0.2, -0.15) is 0 Å². The van der Waals surface area contributed by atoms with Gasteiger partial charge in [-0.15, -0.1) is 0 Å². The highest BCUT2D eigenvalue weighted by Crippen LogP contribution is 1.96. The van der Waals surface area contributed by atoms with Crippen LogP contribution in [0.4, 0.5) is 0 Å². The van der Waals surface area contributed by atoms with E-state index in [0.29, 0.717) is 0 Å². The van der Waals surface area contributed by atoms with Crippen molar-refractivity contribution in [3.8, 4) is 0 Å². The molecule has 1 aromatic heterocycles. The first-order valence-corrected chi connectivity index (χ1v) is 3.48. The van der Waals surface area contributed by atoms with E-state index < -0.39 is 0 Å². The van der Waals surface area contributed by atoms with E-state index in [4.69, 9.17) is 4.42 Å². The zero-order valence-electron chi connectivity index (χ0n) is 7.02. The highest BCUT2D eigenvalue weighted by molar-refractivity contribution is 6.00. The topological polar surface area (TPSA) is 46.3 Å². The van der Waals surface area contributed by atoms with Crippen LogP contribution < -0.4 is 0 Å². The molecule has 0 unspecified atom stereocenters.